The molecule has 0 spiro atoms. The third-order valence-electron chi connectivity index (χ3n) is 4.38. The zero-order valence-corrected chi connectivity index (χ0v) is 16.6. The molecule has 0 bridgehead atoms. The third kappa shape index (κ3) is 3.09. The standard InChI is InChI=1S/C22H14BrN3S/c23-16-12-10-15(11-13-16)21-18(14-26(25-21)17-6-2-1-3-7-17)22-24-19-8-4-5-9-20(19)27-22/h1-14H. The van der Waals surface area contributed by atoms with Gasteiger partial charge in [0.1, 0.15) is 10.7 Å². The number of benzene rings is 3. The first-order valence-electron chi connectivity index (χ1n) is 8.55. The van der Waals surface area contributed by atoms with Crippen molar-refractivity contribution < 1.29 is 0 Å². The molecule has 0 unspecified atom stereocenters. The van der Waals surface area contributed by atoms with E-state index in [4.69, 9.17) is 10.1 Å². The number of para-hydroxylation sites is 2. The summed E-state index contributed by atoms with van der Waals surface area (Å²) < 4.78 is 4.16. The van der Waals surface area contributed by atoms with Crippen LogP contribution in [0, 0.1) is 0 Å². The Balaban J connectivity index is 1.72. The van der Waals surface area contributed by atoms with Crippen LogP contribution < -0.4 is 0 Å². The Morgan fingerprint density at radius 1 is 0.815 bits per heavy atom. The highest BCUT2D eigenvalue weighted by atomic mass is 79.9. The highest BCUT2D eigenvalue weighted by molar-refractivity contribution is 9.10. The molecule has 0 aliphatic rings. The van der Waals surface area contributed by atoms with Crippen molar-refractivity contribution in [2.45, 2.75) is 0 Å². The Kier molecular flexibility index (Phi) is 4.11. The topological polar surface area (TPSA) is 30.7 Å². The number of rotatable bonds is 3. The molecule has 0 amide bonds. The molecule has 0 atom stereocenters. The number of nitrogens with zero attached hydrogens (tertiary/aromatic N) is 3. The largest absolute Gasteiger partial charge is 0.240 e. The lowest BCUT2D eigenvalue weighted by atomic mass is 10.1. The summed E-state index contributed by atoms with van der Waals surface area (Å²) in [7, 11) is 0. The fourth-order valence-electron chi connectivity index (χ4n) is 3.05. The molecule has 5 aromatic rings. The van der Waals surface area contributed by atoms with Crippen LogP contribution in [-0.4, -0.2) is 14.8 Å². The number of fused-ring (bicyclic) bond motifs is 1. The second-order valence-corrected chi connectivity index (χ2v) is 8.11. The maximum absolute atomic E-state index is 4.89. The van der Waals surface area contributed by atoms with E-state index in [0.29, 0.717) is 0 Å². The van der Waals surface area contributed by atoms with Crippen molar-refractivity contribution >= 4 is 37.5 Å². The summed E-state index contributed by atoms with van der Waals surface area (Å²) in [4.78, 5) is 4.85. The highest BCUT2D eigenvalue weighted by Gasteiger charge is 2.17. The van der Waals surface area contributed by atoms with Gasteiger partial charge in [-0.15, -0.1) is 11.3 Å². The number of hydrogen-bond donors (Lipinski definition) is 0. The monoisotopic (exact) mass is 431 g/mol. The van der Waals surface area contributed by atoms with E-state index in [1.54, 1.807) is 11.3 Å². The van der Waals surface area contributed by atoms with Gasteiger partial charge in [0.05, 0.1) is 21.5 Å². The van der Waals surface area contributed by atoms with E-state index >= 15 is 0 Å². The van der Waals surface area contributed by atoms with Gasteiger partial charge in [-0.2, -0.15) is 5.10 Å². The molecule has 2 heterocycles. The Hall–Kier alpha value is -2.76. The minimum Gasteiger partial charge on any atom is -0.240 e. The van der Waals surface area contributed by atoms with E-state index in [1.807, 2.05) is 47.1 Å². The van der Waals surface area contributed by atoms with Crippen molar-refractivity contribution in [3.63, 3.8) is 0 Å². The van der Waals surface area contributed by atoms with Crippen LogP contribution in [-0.2, 0) is 0 Å². The van der Waals surface area contributed by atoms with Gasteiger partial charge in [-0.05, 0) is 36.4 Å². The third-order valence-corrected chi connectivity index (χ3v) is 5.98. The van der Waals surface area contributed by atoms with Crippen molar-refractivity contribution in [1.82, 2.24) is 14.8 Å². The van der Waals surface area contributed by atoms with Crippen LogP contribution in [0.3, 0.4) is 0 Å². The van der Waals surface area contributed by atoms with Gasteiger partial charge in [0.2, 0.25) is 0 Å². The molecule has 0 saturated carbocycles. The first-order chi connectivity index (χ1) is 13.3. The lowest BCUT2D eigenvalue weighted by Crippen LogP contribution is -1.93. The van der Waals surface area contributed by atoms with Crippen LogP contribution in [0.25, 0.3) is 37.7 Å². The van der Waals surface area contributed by atoms with Crippen molar-refractivity contribution in [1.29, 1.82) is 0 Å². The van der Waals surface area contributed by atoms with Gasteiger partial charge in [0.25, 0.3) is 0 Å². The molecule has 3 nitrogen and oxygen atoms in total. The molecule has 5 rings (SSSR count). The summed E-state index contributed by atoms with van der Waals surface area (Å²) in [6.07, 6.45) is 2.07. The van der Waals surface area contributed by atoms with Gasteiger partial charge < -0.3 is 0 Å². The molecule has 0 N–H and O–H groups in total. The molecule has 2 aromatic heterocycles. The van der Waals surface area contributed by atoms with Gasteiger partial charge in [-0.3, -0.25) is 0 Å². The first kappa shape index (κ1) is 16.4. The Morgan fingerprint density at radius 3 is 2.33 bits per heavy atom. The van der Waals surface area contributed by atoms with Crippen molar-refractivity contribution in [2.75, 3.05) is 0 Å². The van der Waals surface area contributed by atoms with Gasteiger partial charge in [-0.1, -0.05) is 58.4 Å². The van der Waals surface area contributed by atoms with Crippen molar-refractivity contribution in [3.05, 3.63) is 89.5 Å². The normalized spacial score (nSPS) is 11.1. The maximum Gasteiger partial charge on any atom is 0.128 e. The average Bonchev–Trinajstić information content (AvgIpc) is 3.33. The van der Waals surface area contributed by atoms with E-state index in [0.717, 1.165) is 37.5 Å². The van der Waals surface area contributed by atoms with Crippen molar-refractivity contribution in [3.8, 4) is 27.5 Å². The molecule has 0 fully saturated rings. The van der Waals surface area contributed by atoms with Crippen molar-refractivity contribution in [2.24, 2.45) is 0 Å². The zero-order chi connectivity index (χ0) is 18.2. The number of aromatic nitrogens is 3. The van der Waals surface area contributed by atoms with Crippen LogP contribution in [0.1, 0.15) is 0 Å². The maximum atomic E-state index is 4.89. The second kappa shape index (κ2) is 6.76. The summed E-state index contributed by atoms with van der Waals surface area (Å²) in [5.41, 5.74) is 5.10. The average molecular weight is 432 g/mol. The Morgan fingerprint density at radius 2 is 1.56 bits per heavy atom. The number of hydrogen-bond acceptors (Lipinski definition) is 3. The summed E-state index contributed by atoms with van der Waals surface area (Å²) in [6.45, 7) is 0. The van der Waals surface area contributed by atoms with E-state index in [2.05, 4.69) is 58.5 Å². The summed E-state index contributed by atoms with van der Waals surface area (Å²) in [5.74, 6) is 0. The predicted octanol–water partition coefficient (Wildman–Crippen LogP) is 6.58. The van der Waals surface area contributed by atoms with E-state index in [9.17, 15) is 0 Å². The van der Waals surface area contributed by atoms with Crippen LogP contribution in [0.15, 0.2) is 89.5 Å². The molecule has 3 aromatic carbocycles. The Labute approximate surface area is 169 Å². The molecule has 0 saturated heterocycles. The molecule has 0 aliphatic carbocycles. The minimum absolute atomic E-state index is 0.936. The van der Waals surface area contributed by atoms with Crippen LogP contribution in [0.5, 0.6) is 0 Å². The van der Waals surface area contributed by atoms with Gasteiger partial charge >= 0.3 is 0 Å². The van der Waals surface area contributed by atoms with Gasteiger partial charge in [0, 0.05) is 16.2 Å². The second-order valence-electron chi connectivity index (χ2n) is 6.17. The van der Waals surface area contributed by atoms with E-state index in [1.165, 1.54) is 4.70 Å². The van der Waals surface area contributed by atoms with Gasteiger partial charge in [0.15, 0.2) is 0 Å². The lowest BCUT2D eigenvalue weighted by molar-refractivity contribution is 0.884. The van der Waals surface area contributed by atoms with E-state index < -0.39 is 0 Å². The molecular weight excluding hydrogens is 418 g/mol. The quantitative estimate of drug-likeness (QED) is 0.323. The molecule has 0 radical (unpaired) electrons. The zero-order valence-electron chi connectivity index (χ0n) is 14.2. The SMILES string of the molecule is Brc1ccc(-c2nn(-c3ccccc3)cc2-c2nc3ccccc3s2)cc1. The van der Waals surface area contributed by atoms with Gasteiger partial charge in [-0.25, -0.2) is 9.67 Å². The fraction of sp³-hybridized carbons (Fsp3) is 0. The minimum atomic E-state index is 0.936. The smallest absolute Gasteiger partial charge is 0.128 e. The number of halogens is 1. The summed E-state index contributed by atoms with van der Waals surface area (Å²) in [5, 5.41) is 5.88. The van der Waals surface area contributed by atoms with Crippen LogP contribution in [0.2, 0.25) is 0 Å². The molecule has 5 heteroatoms. The molecule has 0 aliphatic heterocycles. The predicted molar refractivity (Wildman–Crippen MR) is 115 cm³/mol. The lowest BCUT2D eigenvalue weighted by Gasteiger charge is -2.01. The molecular formula is C22H14BrN3S. The number of thiazole rings is 1. The molecule has 27 heavy (non-hydrogen) atoms. The first-order valence-corrected chi connectivity index (χ1v) is 10.2. The summed E-state index contributed by atoms with van der Waals surface area (Å²) in [6, 6.07) is 26.6. The van der Waals surface area contributed by atoms with Crippen LogP contribution >= 0.6 is 27.3 Å². The summed E-state index contributed by atoms with van der Waals surface area (Å²) >= 11 is 5.21. The fourth-order valence-corrected chi connectivity index (χ4v) is 4.29. The molecule has 130 valence electrons. The van der Waals surface area contributed by atoms with E-state index in [-0.39, 0.29) is 0 Å². The Bertz CT molecular complexity index is 1190. The highest BCUT2D eigenvalue weighted by Crippen LogP contribution is 2.36. The van der Waals surface area contributed by atoms with Crippen LogP contribution in [0.4, 0.5) is 0 Å².